The van der Waals surface area contributed by atoms with E-state index in [0.29, 0.717) is 30.3 Å². The molecule has 0 saturated heterocycles. The Bertz CT molecular complexity index is 711. The number of carbonyl (C=O) groups excluding carboxylic acids is 2. The van der Waals surface area contributed by atoms with Crippen molar-refractivity contribution in [1.82, 2.24) is 15.2 Å². The molecule has 0 spiro atoms. The second kappa shape index (κ2) is 6.27. The van der Waals surface area contributed by atoms with Gasteiger partial charge in [-0.3, -0.25) is 9.59 Å². The van der Waals surface area contributed by atoms with Gasteiger partial charge in [-0.25, -0.2) is 4.98 Å². The fourth-order valence-corrected chi connectivity index (χ4v) is 3.25. The number of nitrogens with zero attached hydrogens (tertiary/aromatic N) is 2. The van der Waals surface area contributed by atoms with Gasteiger partial charge in [0.2, 0.25) is 0 Å². The van der Waals surface area contributed by atoms with E-state index >= 15 is 0 Å². The highest BCUT2D eigenvalue weighted by atomic mass is 32.1. The van der Waals surface area contributed by atoms with Gasteiger partial charge in [0.1, 0.15) is 5.69 Å². The van der Waals surface area contributed by atoms with Crippen molar-refractivity contribution in [3.05, 3.63) is 51.5 Å². The number of benzene rings is 1. The van der Waals surface area contributed by atoms with E-state index in [4.69, 9.17) is 0 Å². The van der Waals surface area contributed by atoms with Crippen molar-refractivity contribution < 1.29 is 9.59 Å². The van der Waals surface area contributed by atoms with Gasteiger partial charge in [0, 0.05) is 25.0 Å². The summed E-state index contributed by atoms with van der Waals surface area (Å²) >= 11 is 1.20. The second-order valence-electron chi connectivity index (χ2n) is 5.14. The molecule has 114 valence electrons. The van der Waals surface area contributed by atoms with Crippen molar-refractivity contribution in [3.63, 3.8) is 0 Å². The normalized spacial score (nSPS) is 13.6. The van der Waals surface area contributed by atoms with E-state index < -0.39 is 0 Å². The van der Waals surface area contributed by atoms with Crippen LogP contribution in [0.3, 0.4) is 0 Å². The number of hydrogen-bond acceptors (Lipinski definition) is 4. The zero-order chi connectivity index (χ0) is 15.5. The van der Waals surface area contributed by atoms with Crippen LogP contribution >= 0.6 is 11.3 Å². The highest BCUT2D eigenvalue weighted by Gasteiger charge is 2.24. The molecule has 6 heteroatoms. The van der Waals surface area contributed by atoms with Crippen LogP contribution < -0.4 is 5.32 Å². The molecule has 0 saturated carbocycles. The summed E-state index contributed by atoms with van der Waals surface area (Å²) in [4.78, 5) is 30.2. The molecule has 1 aromatic heterocycles. The standard InChI is InChI=1S/C16H17N3O2S/c1-2-17-14(20)15-18-13(10-22-15)16(21)19-8-7-11-5-3-4-6-12(11)9-19/h3-6,10H,2,7-9H2,1H3,(H,17,20). The lowest BCUT2D eigenvalue weighted by Crippen LogP contribution is -2.36. The Kier molecular flexibility index (Phi) is 4.20. The lowest BCUT2D eigenvalue weighted by atomic mass is 10.00. The molecule has 0 fully saturated rings. The summed E-state index contributed by atoms with van der Waals surface area (Å²) in [6.07, 6.45) is 0.856. The van der Waals surface area contributed by atoms with E-state index in [0.717, 1.165) is 6.42 Å². The molecule has 1 aromatic carbocycles. The van der Waals surface area contributed by atoms with Crippen LogP contribution in [-0.4, -0.2) is 34.8 Å². The zero-order valence-corrected chi connectivity index (χ0v) is 13.2. The zero-order valence-electron chi connectivity index (χ0n) is 12.3. The fourth-order valence-electron chi connectivity index (χ4n) is 2.54. The maximum Gasteiger partial charge on any atom is 0.280 e. The molecule has 0 unspecified atom stereocenters. The fraction of sp³-hybridized carbons (Fsp3) is 0.312. The number of fused-ring (bicyclic) bond motifs is 1. The Balaban J connectivity index is 1.74. The van der Waals surface area contributed by atoms with Crippen molar-refractivity contribution in [3.8, 4) is 0 Å². The molecule has 2 heterocycles. The summed E-state index contributed by atoms with van der Waals surface area (Å²) in [5.74, 6) is -0.336. The van der Waals surface area contributed by atoms with E-state index in [9.17, 15) is 9.59 Å². The molecule has 2 amide bonds. The minimum absolute atomic E-state index is 0.110. The van der Waals surface area contributed by atoms with E-state index in [2.05, 4.69) is 22.4 Å². The predicted octanol–water partition coefficient (Wildman–Crippen LogP) is 2.09. The molecule has 3 rings (SSSR count). The summed E-state index contributed by atoms with van der Waals surface area (Å²) in [6.45, 7) is 3.68. The number of thiazole rings is 1. The quantitative estimate of drug-likeness (QED) is 0.943. The number of carbonyl (C=O) groups is 2. The summed E-state index contributed by atoms with van der Waals surface area (Å²) in [7, 11) is 0. The number of rotatable bonds is 3. The smallest absolute Gasteiger partial charge is 0.280 e. The van der Waals surface area contributed by atoms with Gasteiger partial charge in [0.05, 0.1) is 0 Å². The Hall–Kier alpha value is -2.21. The Morgan fingerprint density at radius 2 is 2.09 bits per heavy atom. The first kappa shape index (κ1) is 14.7. The molecule has 0 aliphatic carbocycles. The van der Waals surface area contributed by atoms with Crippen LogP contribution in [0.25, 0.3) is 0 Å². The van der Waals surface area contributed by atoms with Crippen LogP contribution in [0, 0.1) is 0 Å². The first-order valence-electron chi connectivity index (χ1n) is 7.29. The third-order valence-electron chi connectivity index (χ3n) is 3.67. The largest absolute Gasteiger partial charge is 0.350 e. The summed E-state index contributed by atoms with van der Waals surface area (Å²) in [6, 6.07) is 8.17. The maximum atomic E-state index is 12.5. The first-order valence-corrected chi connectivity index (χ1v) is 8.16. The second-order valence-corrected chi connectivity index (χ2v) is 6.00. The van der Waals surface area contributed by atoms with Crippen LogP contribution in [0.15, 0.2) is 29.6 Å². The van der Waals surface area contributed by atoms with E-state index in [1.54, 1.807) is 10.3 Å². The summed E-state index contributed by atoms with van der Waals surface area (Å²) in [5.41, 5.74) is 2.83. The molecular weight excluding hydrogens is 298 g/mol. The van der Waals surface area contributed by atoms with Crippen molar-refractivity contribution in [2.24, 2.45) is 0 Å². The molecule has 5 nitrogen and oxygen atoms in total. The van der Waals surface area contributed by atoms with Crippen molar-refractivity contribution in [1.29, 1.82) is 0 Å². The predicted molar refractivity (Wildman–Crippen MR) is 85.0 cm³/mol. The highest BCUT2D eigenvalue weighted by molar-refractivity contribution is 7.11. The molecular formula is C16H17N3O2S. The maximum absolute atomic E-state index is 12.5. The molecule has 22 heavy (non-hydrogen) atoms. The van der Waals surface area contributed by atoms with Gasteiger partial charge >= 0.3 is 0 Å². The minimum atomic E-state index is -0.226. The monoisotopic (exact) mass is 315 g/mol. The summed E-state index contributed by atoms with van der Waals surface area (Å²) < 4.78 is 0. The van der Waals surface area contributed by atoms with Crippen LogP contribution in [0.2, 0.25) is 0 Å². The third-order valence-corrected chi connectivity index (χ3v) is 4.51. The number of aromatic nitrogens is 1. The SMILES string of the molecule is CCNC(=O)c1nc(C(=O)N2CCc3ccccc3C2)cs1. The first-order chi connectivity index (χ1) is 10.7. The molecule has 0 atom stereocenters. The number of hydrogen-bond donors (Lipinski definition) is 1. The molecule has 1 aliphatic heterocycles. The Labute approximate surface area is 133 Å². The molecule has 0 radical (unpaired) electrons. The van der Waals surface area contributed by atoms with Crippen molar-refractivity contribution >= 4 is 23.2 Å². The van der Waals surface area contributed by atoms with Crippen LogP contribution in [0.1, 0.15) is 38.3 Å². The van der Waals surface area contributed by atoms with Crippen LogP contribution in [0.4, 0.5) is 0 Å². The van der Waals surface area contributed by atoms with Gasteiger partial charge in [0.15, 0.2) is 5.01 Å². The van der Waals surface area contributed by atoms with Crippen LogP contribution in [0.5, 0.6) is 0 Å². The Morgan fingerprint density at radius 1 is 1.32 bits per heavy atom. The van der Waals surface area contributed by atoms with E-state index in [1.807, 2.05) is 19.1 Å². The van der Waals surface area contributed by atoms with Gasteiger partial charge in [-0.15, -0.1) is 11.3 Å². The van der Waals surface area contributed by atoms with Crippen molar-refractivity contribution in [2.45, 2.75) is 19.9 Å². The van der Waals surface area contributed by atoms with Gasteiger partial charge in [0.25, 0.3) is 11.8 Å². The highest BCUT2D eigenvalue weighted by Crippen LogP contribution is 2.21. The lowest BCUT2D eigenvalue weighted by Gasteiger charge is -2.28. The Morgan fingerprint density at radius 3 is 2.86 bits per heavy atom. The van der Waals surface area contributed by atoms with Gasteiger partial charge in [-0.2, -0.15) is 0 Å². The van der Waals surface area contributed by atoms with Gasteiger partial charge in [-0.05, 0) is 24.5 Å². The molecule has 1 aliphatic rings. The molecule has 1 N–H and O–H groups in total. The molecule has 0 bridgehead atoms. The minimum Gasteiger partial charge on any atom is -0.350 e. The number of nitrogens with one attached hydrogen (secondary N) is 1. The van der Waals surface area contributed by atoms with E-state index in [-0.39, 0.29) is 11.8 Å². The van der Waals surface area contributed by atoms with Gasteiger partial charge in [-0.1, -0.05) is 24.3 Å². The lowest BCUT2D eigenvalue weighted by molar-refractivity contribution is 0.0729. The van der Waals surface area contributed by atoms with Crippen LogP contribution in [-0.2, 0) is 13.0 Å². The van der Waals surface area contributed by atoms with E-state index in [1.165, 1.54) is 22.5 Å². The number of amides is 2. The average molecular weight is 315 g/mol. The third kappa shape index (κ3) is 2.87. The molecule has 2 aromatic rings. The average Bonchev–Trinajstić information content (AvgIpc) is 3.04. The van der Waals surface area contributed by atoms with Crippen molar-refractivity contribution in [2.75, 3.05) is 13.1 Å². The topological polar surface area (TPSA) is 62.3 Å². The van der Waals surface area contributed by atoms with Gasteiger partial charge < -0.3 is 10.2 Å². The summed E-state index contributed by atoms with van der Waals surface area (Å²) in [5, 5.41) is 4.69.